The molecule has 0 radical (unpaired) electrons. The van der Waals surface area contributed by atoms with E-state index in [1.165, 1.54) is 85.4 Å². The van der Waals surface area contributed by atoms with Crippen molar-refractivity contribution in [3.8, 4) is 0 Å². The van der Waals surface area contributed by atoms with Crippen molar-refractivity contribution in [1.29, 1.82) is 27.0 Å². The summed E-state index contributed by atoms with van der Waals surface area (Å²) in [5.41, 5.74) is 12.3. The van der Waals surface area contributed by atoms with Crippen molar-refractivity contribution in [2.24, 2.45) is 41.0 Å². The van der Waals surface area contributed by atoms with Crippen LogP contribution in [0.4, 0.5) is 58.2 Å². The molecule has 758 valence electrons. The number of aryl methyl sites for hydroxylation is 5. The third-order valence-corrected chi connectivity index (χ3v) is 23.7. The zero-order valence-corrected chi connectivity index (χ0v) is 83.8. The number of halogens is 5. The third kappa shape index (κ3) is 28.0. The second-order valence-corrected chi connectivity index (χ2v) is 35.2. The van der Waals surface area contributed by atoms with E-state index < -0.39 is 41.4 Å². The predicted octanol–water partition coefficient (Wildman–Crippen LogP) is 14.6. The van der Waals surface area contributed by atoms with Gasteiger partial charge in [-0.3, -0.25) is 93.0 Å². The summed E-state index contributed by atoms with van der Waals surface area (Å²) in [4.78, 5) is 152. The fourth-order valence-electron chi connectivity index (χ4n) is 14.1. The highest BCUT2D eigenvalue weighted by atomic mass is 35.5. The van der Waals surface area contributed by atoms with Gasteiger partial charge in [0.15, 0.2) is 0 Å². The van der Waals surface area contributed by atoms with Gasteiger partial charge in [-0.1, -0.05) is 119 Å². The lowest BCUT2D eigenvalue weighted by Gasteiger charge is -2.33. The number of carbonyl (C=O) groups excluding carboxylic acids is 10. The molecular weight excluding hydrogens is 2010 g/mol. The van der Waals surface area contributed by atoms with Crippen LogP contribution in [0, 0.1) is 27.0 Å². The number of nitrogen functional groups attached to an aromatic ring is 1. The normalized spacial score (nSPS) is 11.9. The van der Waals surface area contributed by atoms with Crippen LogP contribution in [0.5, 0.6) is 0 Å². The minimum atomic E-state index is -0.481. The van der Waals surface area contributed by atoms with Crippen molar-refractivity contribution in [2.75, 3.05) is 92.4 Å². The van der Waals surface area contributed by atoms with E-state index in [1.807, 2.05) is 14.7 Å². The Balaban J connectivity index is 0.000000147. The maximum atomic E-state index is 12.8. The van der Waals surface area contributed by atoms with E-state index in [0.717, 1.165) is 80.8 Å². The first kappa shape index (κ1) is 106. The van der Waals surface area contributed by atoms with Crippen molar-refractivity contribution in [3.63, 3.8) is 0 Å². The van der Waals surface area contributed by atoms with E-state index in [0.29, 0.717) is 111 Å². The zero-order chi connectivity index (χ0) is 106. The monoisotopic (exact) mass is 2100 g/mol. The van der Waals surface area contributed by atoms with E-state index >= 15 is 0 Å². The summed E-state index contributed by atoms with van der Waals surface area (Å²) in [6.07, 6.45) is 17.2. The van der Waals surface area contributed by atoms with Crippen LogP contribution in [0.2, 0.25) is 25.1 Å². The maximum absolute atomic E-state index is 12.8. The van der Waals surface area contributed by atoms with E-state index in [9.17, 15) is 47.9 Å². The summed E-state index contributed by atoms with van der Waals surface area (Å²) < 4.78 is 7.02. The van der Waals surface area contributed by atoms with E-state index in [4.69, 9.17) is 90.8 Å². The minimum Gasteiger partial charge on any atom is -0.384 e. The molecule has 18 rings (SSSR count). The molecule has 10 amide bonds. The molecule has 0 atom stereocenters. The van der Waals surface area contributed by atoms with Crippen molar-refractivity contribution in [1.82, 2.24) is 88.5 Å². The summed E-state index contributed by atoms with van der Waals surface area (Å²) in [7, 11) is 8.11. The van der Waals surface area contributed by atoms with E-state index in [1.54, 1.807) is 224 Å². The summed E-state index contributed by atoms with van der Waals surface area (Å²) >= 11 is 29.0. The van der Waals surface area contributed by atoms with Gasteiger partial charge in [-0.2, -0.15) is 25.5 Å². The number of amides is 10. The standard InChI is InChI=1S/C22H22ClN7O2.C21H20ClN7O2.C20H18ClN7O2.C19H17ClN6O2.C18H16ClN7O2/c1-29-20(17(13-26-29)22(32)27-18-9-8-16(23)12-25-18)28-21(31)15-6-4-14(5-7-15)19(24)30-10-2-3-11-30;1-28-19(16(12-25-28)21(31)26-17-8-7-15(22)11-24-17)27-20(30)14-5-3-13(4-6-14)18(23)29-9-2-10-29;1-27-18(15(11-24-27)20(30)25-16-7-6-14(21)10-23-16)26-19(29)13-4-2-12(3-5-13)17(22)28-8-9-28;1-11(21)12-3-5-13(6-4-12)18(27)25-17-15(10-23-26(17)2)19(28)24-16-8-7-14(20)9-22-16;1-26-16(25-17(27)11-4-2-10(3-5-11)15(20)21)13(9-23-26)18(28)24-14-7-6-12(19)8-22-14/h4-9,12-13,24H,2-3,10-11H2,1H3,(H,28,31)(H,25,27,32);3-8,11-12,23H,2,9-10H2,1H3,(H,27,30)(H,24,26,31);2-7,10-11,22H,8-9H2,1H3,(H,26,29)(H,23,25,30);3-10,21H,1-2H3,(H,25,27)(H,22,24,28);2-9H,1H3,(H3,20,21)(H,25,27)(H,22,24,28). The first-order chi connectivity index (χ1) is 71.4. The van der Waals surface area contributed by atoms with Crippen LogP contribution in [-0.2, 0) is 35.2 Å². The molecule has 149 heavy (non-hydrogen) atoms. The lowest BCUT2D eigenvalue weighted by molar-refractivity contribution is 0.101. The maximum Gasteiger partial charge on any atom is 0.262 e. The number of rotatable bonds is 25. The molecule has 3 fully saturated rings. The second-order valence-electron chi connectivity index (χ2n) is 33.0. The number of likely N-dealkylation sites (tertiary alicyclic amines) is 2. The molecule has 5 aromatic carbocycles. The lowest BCUT2D eigenvalue weighted by atomic mass is 10.1. The number of nitrogens with zero attached hydrogens (tertiary/aromatic N) is 18. The van der Waals surface area contributed by atoms with Gasteiger partial charge >= 0.3 is 0 Å². The molecule has 3 aliphatic rings. The molecule has 3 saturated heterocycles. The Labute approximate surface area is 874 Å². The number of aromatic nitrogens is 15. The zero-order valence-electron chi connectivity index (χ0n) is 80.1. The summed E-state index contributed by atoms with van der Waals surface area (Å²) in [5, 5.41) is 89.0. The highest BCUT2D eigenvalue weighted by Gasteiger charge is 2.29. The van der Waals surface area contributed by atoms with Gasteiger partial charge < -0.3 is 79.0 Å². The van der Waals surface area contributed by atoms with Gasteiger partial charge in [-0.15, -0.1) is 0 Å². The number of benzene rings is 5. The van der Waals surface area contributed by atoms with Crippen molar-refractivity contribution < 1.29 is 47.9 Å². The Morgan fingerprint density at radius 2 is 0.430 bits per heavy atom. The van der Waals surface area contributed by atoms with Gasteiger partial charge in [-0.05, 0) is 153 Å². The van der Waals surface area contributed by atoms with Crippen LogP contribution in [0.1, 0.15) is 158 Å². The van der Waals surface area contributed by atoms with Gasteiger partial charge in [-0.25, -0.2) is 24.9 Å². The molecule has 0 bridgehead atoms. The van der Waals surface area contributed by atoms with Crippen LogP contribution < -0.4 is 58.9 Å². The highest BCUT2D eigenvalue weighted by molar-refractivity contribution is 6.32. The van der Waals surface area contributed by atoms with Crippen LogP contribution in [0.15, 0.2) is 244 Å². The van der Waals surface area contributed by atoms with Gasteiger partial charge in [0, 0.05) is 161 Å². The summed E-state index contributed by atoms with van der Waals surface area (Å²) in [6, 6.07) is 49.2. The largest absolute Gasteiger partial charge is 0.384 e. The smallest absolute Gasteiger partial charge is 0.262 e. The molecule has 10 aromatic heterocycles. The molecule has 49 heteroatoms. The Kier molecular flexibility index (Phi) is 34.8. The first-order valence-corrected chi connectivity index (χ1v) is 47.1. The Morgan fingerprint density at radius 3 is 0.604 bits per heavy atom. The average Bonchev–Trinajstić information content (AvgIpc) is 1.64. The van der Waals surface area contributed by atoms with Crippen molar-refractivity contribution in [2.45, 2.75) is 26.2 Å². The summed E-state index contributed by atoms with van der Waals surface area (Å²) in [5.74, 6) is -0.139. The number of amidine groups is 4. The lowest BCUT2D eigenvalue weighted by Crippen LogP contribution is -2.42. The Morgan fingerprint density at radius 1 is 0.242 bits per heavy atom. The number of hydrogen-bond donors (Lipinski definition) is 16. The van der Waals surface area contributed by atoms with Gasteiger partial charge in [0.1, 0.15) is 109 Å². The molecule has 0 aliphatic carbocycles. The van der Waals surface area contributed by atoms with Gasteiger partial charge in [0.25, 0.3) is 59.1 Å². The van der Waals surface area contributed by atoms with Crippen LogP contribution in [0.25, 0.3) is 0 Å². The molecule has 13 heterocycles. The fraction of sp³-hybridized carbons (Fsp3) is 0.150. The van der Waals surface area contributed by atoms with Crippen LogP contribution in [0.3, 0.4) is 0 Å². The van der Waals surface area contributed by atoms with Crippen LogP contribution >= 0.6 is 58.0 Å². The topological polar surface area (TPSA) is 599 Å². The van der Waals surface area contributed by atoms with Crippen molar-refractivity contribution in [3.05, 3.63) is 353 Å². The number of nitrogens with one attached hydrogen (secondary N) is 15. The summed E-state index contributed by atoms with van der Waals surface area (Å²) in [6.45, 7) is 6.99. The van der Waals surface area contributed by atoms with Crippen LogP contribution in [-0.4, -0.2) is 216 Å². The second kappa shape index (κ2) is 48.8. The predicted molar refractivity (Wildman–Crippen MR) is 567 cm³/mol. The molecule has 0 unspecified atom stereocenters. The molecule has 0 spiro atoms. The highest BCUT2D eigenvalue weighted by Crippen LogP contribution is 2.28. The molecule has 15 aromatic rings. The van der Waals surface area contributed by atoms with E-state index in [-0.39, 0.29) is 80.5 Å². The number of carbonyl (C=O) groups is 10. The Hall–Kier alpha value is -18.4. The molecule has 44 nitrogen and oxygen atoms in total. The molecular formula is C100H93Cl5N34O10. The van der Waals surface area contributed by atoms with E-state index in [2.05, 4.69) is 104 Å². The van der Waals surface area contributed by atoms with Gasteiger partial charge in [0.05, 0.1) is 56.1 Å². The quantitative estimate of drug-likeness (QED) is 0.0144. The SMILES string of the molecule is CC(=N)c1ccc(C(=O)Nc2c(C(=O)Nc3ccc(Cl)cn3)cnn2C)cc1.Cn1ncc(C(=O)Nc2ccc(Cl)cn2)c1NC(=O)c1ccc(C(=N)N)cc1.Cn1ncc(C(=O)Nc2ccc(Cl)cn2)c1NC(=O)c1ccc(C(=N)N2CC2)cc1.Cn1ncc(C(=O)Nc2ccc(Cl)cn2)c1NC(=O)c1ccc(C(=N)N2CCC2)cc1.Cn1ncc(C(=O)Nc2ccc(Cl)cn2)c1NC(=O)c1ccc(C(=N)N2CCCC2)cc1. The molecule has 0 saturated carbocycles. The number of pyridine rings is 5. The first-order valence-electron chi connectivity index (χ1n) is 45.2. The molecule has 3 aliphatic heterocycles. The fourth-order valence-corrected chi connectivity index (χ4v) is 14.7. The average molecular weight is 2110 g/mol. The Bertz CT molecular complexity index is 7390. The number of nitrogens with two attached hydrogens (primary N) is 1. The third-order valence-electron chi connectivity index (χ3n) is 22.6. The number of hydrogen-bond acceptors (Lipinski definition) is 25. The number of anilines is 10. The van der Waals surface area contributed by atoms with Crippen molar-refractivity contribution >= 4 is 204 Å². The minimum absolute atomic E-state index is 0.0895. The molecule has 17 N–H and O–H groups in total. The van der Waals surface area contributed by atoms with Gasteiger partial charge in [0.2, 0.25) is 0 Å².